The molecule has 0 bridgehead atoms. The Hall–Kier alpha value is -0.220. The molecule has 2 rings (SSSR count). The second-order valence-electron chi connectivity index (χ2n) is 5.34. The van der Waals surface area contributed by atoms with Crippen LogP contribution in [0.5, 0.6) is 0 Å². The lowest BCUT2D eigenvalue weighted by molar-refractivity contribution is 0.154. The molecule has 4 heteroatoms. The predicted molar refractivity (Wildman–Crippen MR) is 87.1 cm³/mol. The minimum absolute atomic E-state index is 0. The van der Waals surface area contributed by atoms with Gasteiger partial charge in [-0.25, -0.2) is 0 Å². The van der Waals surface area contributed by atoms with Crippen LogP contribution < -0.4 is 5.73 Å². The Balaban J connectivity index is 0.00000180. The SMILES string of the molecule is CSc1ccc(CN2CCCC(C(C)N)C2)cc1.Cl. The third-order valence-corrected chi connectivity index (χ3v) is 4.59. The normalized spacial score (nSPS) is 21.7. The van der Waals surface area contributed by atoms with Crippen LogP contribution >= 0.6 is 24.2 Å². The number of nitrogens with two attached hydrogens (primary N) is 1. The van der Waals surface area contributed by atoms with E-state index in [4.69, 9.17) is 5.73 Å². The minimum atomic E-state index is 0. The molecule has 0 saturated carbocycles. The van der Waals surface area contributed by atoms with E-state index in [1.165, 1.54) is 29.8 Å². The van der Waals surface area contributed by atoms with E-state index in [0.717, 1.165) is 13.1 Å². The minimum Gasteiger partial charge on any atom is -0.328 e. The molecule has 2 unspecified atom stereocenters. The lowest BCUT2D eigenvalue weighted by Crippen LogP contribution is -2.41. The second kappa shape index (κ2) is 8.15. The van der Waals surface area contributed by atoms with E-state index in [1.807, 2.05) is 0 Å². The van der Waals surface area contributed by atoms with E-state index in [2.05, 4.69) is 42.3 Å². The summed E-state index contributed by atoms with van der Waals surface area (Å²) >= 11 is 1.80. The fourth-order valence-electron chi connectivity index (χ4n) is 2.65. The number of thioether (sulfide) groups is 1. The average molecular weight is 301 g/mol. The molecule has 1 fully saturated rings. The van der Waals surface area contributed by atoms with Gasteiger partial charge in [-0.3, -0.25) is 4.90 Å². The summed E-state index contributed by atoms with van der Waals surface area (Å²) in [7, 11) is 0. The van der Waals surface area contributed by atoms with Crippen molar-refractivity contribution in [3.63, 3.8) is 0 Å². The van der Waals surface area contributed by atoms with Crippen LogP contribution in [0, 0.1) is 5.92 Å². The fraction of sp³-hybridized carbons (Fsp3) is 0.600. The molecule has 2 atom stereocenters. The van der Waals surface area contributed by atoms with Gasteiger partial charge in [0.15, 0.2) is 0 Å². The van der Waals surface area contributed by atoms with Crippen molar-refractivity contribution in [1.82, 2.24) is 4.90 Å². The summed E-state index contributed by atoms with van der Waals surface area (Å²) < 4.78 is 0. The highest BCUT2D eigenvalue weighted by atomic mass is 35.5. The lowest BCUT2D eigenvalue weighted by atomic mass is 9.92. The highest BCUT2D eigenvalue weighted by molar-refractivity contribution is 7.98. The lowest BCUT2D eigenvalue weighted by Gasteiger charge is -2.34. The largest absolute Gasteiger partial charge is 0.328 e. The molecule has 1 aromatic rings. The molecule has 0 aliphatic carbocycles. The maximum atomic E-state index is 6.03. The zero-order valence-electron chi connectivity index (χ0n) is 11.8. The molecule has 2 N–H and O–H groups in total. The van der Waals surface area contributed by atoms with Crippen molar-refractivity contribution < 1.29 is 0 Å². The number of hydrogen-bond donors (Lipinski definition) is 1. The molecule has 1 aromatic carbocycles. The second-order valence-corrected chi connectivity index (χ2v) is 6.22. The Morgan fingerprint density at radius 1 is 1.37 bits per heavy atom. The quantitative estimate of drug-likeness (QED) is 0.864. The van der Waals surface area contributed by atoms with Crippen LogP contribution in [0.25, 0.3) is 0 Å². The molecule has 0 radical (unpaired) electrons. The van der Waals surface area contributed by atoms with Crippen LogP contribution in [0.4, 0.5) is 0 Å². The molecule has 1 saturated heterocycles. The van der Waals surface area contributed by atoms with Gasteiger partial charge in [0, 0.05) is 24.0 Å². The van der Waals surface area contributed by atoms with E-state index in [-0.39, 0.29) is 12.4 Å². The van der Waals surface area contributed by atoms with Crippen molar-refractivity contribution in [3.05, 3.63) is 29.8 Å². The number of benzene rings is 1. The molecule has 108 valence electrons. The third-order valence-electron chi connectivity index (χ3n) is 3.85. The number of hydrogen-bond acceptors (Lipinski definition) is 3. The van der Waals surface area contributed by atoms with E-state index >= 15 is 0 Å². The first-order chi connectivity index (χ1) is 8.69. The maximum absolute atomic E-state index is 6.03. The number of nitrogens with zero attached hydrogens (tertiary/aromatic N) is 1. The van der Waals surface area contributed by atoms with Gasteiger partial charge in [0.1, 0.15) is 0 Å². The van der Waals surface area contributed by atoms with Crippen LogP contribution in [0.2, 0.25) is 0 Å². The summed E-state index contributed by atoms with van der Waals surface area (Å²) in [6.07, 6.45) is 4.70. The fourth-order valence-corrected chi connectivity index (χ4v) is 3.06. The van der Waals surface area contributed by atoms with Gasteiger partial charge in [-0.1, -0.05) is 12.1 Å². The summed E-state index contributed by atoms with van der Waals surface area (Å²) in [6, 6.07) is 9.26. The van der Waals surface area contributed by atoms with Gasteiger partial charge >= 0.3 is 0 Å². The summed E-state index contributed by atoms with van der Waals surface area (Å²) in [4.78, 5) is 3.89. The zero-order valence-corrected chi connectivity index (χ0v) is 13.5. The van der Waals surface area contributed by atoms with Crippen molar-refractivity contribution in [1.29, 1.82) is 0 Å². The highest BCUT2D eigenvalue weighted by Crippen LogP contribution is 2.21. The number of likely N-dealkylation sites (tertiary alicyclic amines) is 1. The molecule has 1 aliphatic heterocycles. The number of piperidine rings is 1. The molecule has 1 aliphatic rings. The highest BCUT2D eigenvalue weighted by Gasteiger charge is 2.22. The molecule has 19 heavy (non-hydrogen) atoms. The van der Waals surface area contributed by atoms with Gasteiger partial charge in [-0.15, -0.1) is 24.2 Å². The first-order valence-electron chi connectivity index (χ1n) is 6.80. The van der Waals surface area contributed by atoms with Crippen LogP contribution in [0.15, 0.2) is 29.2 Å². The van der Waals surface area contributed by atoms with Crippen molar-refractivity contribution in [2.24, 2.45) is 11.7 Å². The number of rotatable bonds is 4. The molecule has 0 spiro atoms. The topological polar surface area (TPSA) is 29.3 Å². The van der Waals surface area contributed by atoms with Gasteiger partial charge in [-0.05, 0) is 56.2 Å². The van der Waals surface area contributed by atoms with Crippen molar-refractivity contribution in [2.75, 3.05) is 19.3 Å². The van der Waals surface area contributed by atoms with Gasteiger partial charge in [0.25, 0.3) is 0 Å². The van der Waals surface area contributed by atoms with Crippen molar-refractivity contribution >= 4 is 24.2 Å². The zero-order chi connectivity index (χ0) is 13.0. The van der Waals surface area contributed by atoms with Gasteiger partial charge in [0.2, 0.25) is 0 Å². The number of halogens is 1. The summed E-state index contributed by atoms with van der Waals surface area (Å²) in [5, 5.41) is 0. The van der Waals surface area contributed by atoms with Crippen LogP contribution in [-0.4, -0.2) is 30.3 Å². The van der Waals surface area contributed by atoms with Gasteiger partial charge < -0.3 is 5.73 Å². The van der Waals surface area contributed by atoms with E-state index in [9.17, 15) is 0 Å². The monoisotopic (exact) mass is 300 g/mol. The van der Waals surface area contributed by atoms with Crippen molar-refractivity contribution in [2.45, 2.75) is 37.2 Å². The average Bonchev–Trinajstić information content (AvgIpc) is 2.40. The Morgan fingerprint density at radius 2 is 2.05 bits per heavy atom. The van der Waals surface area contributed by atoms with Gasteiger partial charge in [-0.2, -0.15) is 0 Å². The summed E-state index contributed by atoms with van der Waals surface area (Å²) in [5.41, 5.74) is 7.45. The smallest absolute Gasteiger partial charge is 0.0233 e. The molecule has 0 aromatic heterocycles. The van der Waals surface area contributed by atoms with Crippen LogP contribution in [-0.2, 0) is 6.54 Å². The Morgan fingerprint density at radius 3 is 2.63 bits per heavy atom. The summed E-state index contributed by atoms with van der Waals surface area (Å²) in [5.74, 6) is 0.671. The molecule has 2 nitrogen and oxygen atoms in total. The molecule has 1 heterocycles. The molecule has 0 amide bonds. The Bertz CT molecular complexity index is 367. The van der Waals surface area contributed by atoms with Crippen LogP contribution in [0.1, 0.15) is 25.3 Å². The maximum Gasteiger partial charge on any atom is 0.0233 e. The first kappa shape index (κ1) is 16.8. The molecular formula is C15H25ClN2S. The van der Waals surface area contributed by atoms with Crippen LogP contribution in [0.3, 0.4) is 0 Å². The van der Waals surface area contributed by atoms with Crippen molar-refractivity contribution in [3.8, 4) is 0 Å². The van der Waals surface area contributed by atoms with E-state index in [0.29, 0.717) is 12.0 Å². The third kappa shape index (κ3) is 4.99. The van der Waals surface area contributed by atoms with Gasteiger partial charge in [0.05, 0.1) is 0 Å². The Kier molecular flexibility index (Phi) is 7.22. The Labute approximate surface area is 127 Å². The summed E-state index contributed by atoms with van der Waals surface area (Å²) in [6.45, 7) is 5.58. The predicted octanol–water partition coefficient (Wildman–Crippen LogP) is 3.39. The first-order valence-corrected chi connectivity index (χ1v) is 8.02. The van der Waals surface area contributed by atoms with E-state index < -0.39 is 0 Å². The van der Waals surface area contributed by atoms with E-state index in [1.54, 1.807) is 11.8 Å². The standard InChI is InChI=1S/C15H24N2S.ClH/c1-12(16)14-4-3-9-17(11-14)10-13-5-7-15(18-2)8-6-13;/h5-8,12,14H,3-4,9-11,16H2,1-2H3;1H. The molecular weight excluding hydrogens is 276 g/mol.